The lowest BCUT2D eigenvalue weighted by Crippen LogP contribution is -2.64. The van der Waals surface area contributed by atoms with Crippen molar-refractivity contribution in [3.63, 3.8) is 0 Å². The van der Waals surface area contributed by atoms with Crippen molar-refractivity contribution in [2.75, 3.05) is 18.1 Å². The molecule has 0 aromatic rings. The molecule has 4 saturated carbocycles. The van der Waals surface area contributed by atoms with Crippen LogP contribution in [0.4, 0.5) is 0 Å². The van der Waals surface area contributed by atoms with Crippen molar-refractivity contribution in [1.82, 2.24) is 5.32 Å². The zero-order valence-electron chi connectivity index (χ0n) is 34.8. The molecular formula is C46H71NO5S. The Labute approximate surface area is 325 Å². The Morgan fingerprint density at radius 1 is 0.906 bits per heavy atom. The van der Waals surface area contributed by atoms with E-state index in [2.05, 4.69) is 92.8 Å². The number of allylic oxidation sites excluding steroid dienone is 5. The molecule has 2 unspecified atom stereocenters. The predicted octanol–water partition coefficient (Wildman–Crippen LogP) is 10.9. The van der Waals surface area contributed by atoms with Gasteiger partial charge in [0.1, 0.15) is 6.10 Å². The maximum absolute atomic E-state index is 13.9. The van der Waals surface area contributed by atoms with Crippen molar-refractivity contribution in [2.45, 2.75) is 152 Å². The fraction of sp³-hybridized carbons (Fsp3) is 0.761. The van der Waals surface area contributed by atoms with Gasteiger partial charge in [-0.25, -0.2) is 9.59 Å². The van der Waals surface area contributed by atoms with Crippen LogP contribution >= 0.6 is 11.8 Å². The molecule has 5 rings (SSSR count). The van der Waals surface area contributed by atoms with Gasteiger partial charge in [-0.05, 0) is 137 Å². The summed E-state index contributed by atoms with van der Waals surface area (Å²) in [5.41, 5.74) is 4.50. The molecular weight excluding hydrogens is 679 g/mol. The highest BCUT2D eigenvalue weighted by Crippen LogP contribution is 2.75. The van der Waals surface area contributed by atoms with E-state index in [4.69, 9.17) is 9.84 Å². The molecule has 0 spiro atoms. The molecule has 1 amide bonds. The van der Waals surface area contributed by atoms with Crippen LogP contribution in [0.3, 0.4) is 0 Å². The number of fused-ring (bicyclic) bond motifs is 7. The Balaban J connectivity index is 1.26. The van der Waals surface area contributed by atoms with Gasteiger partial charge in [0.05, 0.1) is 0 Å². The van der Waals surface area contributed by atoms with Crippen molar-refractivity contribution in [3.05, 3.63) is 47.1 Å². The molecule has 296 valence electrons. The third kappa shape index (κ3) is 8.03. The number of aliphatic carboxylic acids is 1. The molecule has 5 aliphatic rings. The lowest BCUT2D eigenvalue weighted by molar-refractivity contribution is -0.211. The fourth-order valence-electron chi connectivity index (χ4n) is 12.5. The number of carbonyl (C=O) groups excluding carboxylic acids is 2. The van der Waals surface area contributed by atoms with Crippen LogP contribution in [0.15, 0.2) is 47.1 Å². The van der Waals surface area contributed by atoms with E-state index in [0.717, 1.165) is 94.4 Å². The maximum Gasteiger partial charge on any atom is 0.331 e. The van der Waals surface area contributed by atoms with E-state index in [1.807, 2.05) is 11.8 Å². The molecule has 6 nitrogen and oxygen atoms in total. The van der Waals surface area contributed by atoms with Crippen molar-refractivity contribution in [2.24, 2.45) is 50.2 Å². The van der Waals surface area contributed by atoms with Gasteiger partial charge in [-0.2, -0.15) is 11.8 Å². The molecule has 0 heterocycles. The lowest BCUT2D eigenvalue weighted by atomic mass is 9.33. The standard InChI is InChI=1S/C46H71NO5S/c1-31(2)12-11-13-32(3)20-28-53-29-27-47-40(51)43(7)24-23-42(6)25-26-45(9)33(34(42)30-43)14-15-36-44(8)21-19-37(52-39(50)17-16-38(48)49)41(4,5)35(44)18-22-46(36,45)10/h12,14,16-17,20,34-37H,11,13,15,18-19,21-30H2,1-10H3,(H,47,51)(H,48,49)/b17-16-,32-20?/t34-,35?,36+,37-,42+,43?,44-,45+,46+/m0/s1. The molecule has 0 radical (unpaired) electrons. The number of thioether (sulfide) groups is 1. The molecule has 0 aliphatic heterocycles. The first-order chi connectivity index (χ1) is 24.7. The average Bonchev–Trinajstić information content (AvgIpc) is 3.07. The summed E-state index contributed by atoms with van der Waals surface area (Å²) in [7, 11) is 0. The SMILES string of the molecule is CC(C)=CCCC(C)=CCSCCNC(=O)C1(C)CC[C@]2(C)CC[C@]3(C)C(=CC[C@@H]4[C@@]5(C)CC[C@H](OC(=O)/C=C\C(=O)O)C(C)(C)C5CC[C@]43C)[C@@H]2C1. The third-order valence-corrected chi connectivity index (χ3v) is 17.0. The van der Waals surface area contributed by atoms with Gasteiger partial charge in [-0.3, -0.25) is 4.79 Å². The second-order valence-electron chi connectivity index (χ2n) is 19.9. The monoisotopic (exact) mass is 750 g/mol. The first-order valence-electron chi connectivity index (χ1n) is 20.7. The second-order valence-corrected chi connectivity index (χ2v) is 21.1. The highest BCUT2D eigenvalue weighted by atomic mass is 32.2. The third-order valence-electron chi connectivity index (χ3n) is 16.1. The van der Waals surface area contributed by atoms with Crippen LogP contribution in [-0.4, -0.2) is 47.1 Å². The van der Waals surface area contributed by atoms with Crippen LogP contribution < -0.4 is 5.32 Å². The van der Waals surface area contributed by atoms with E-state index in [-0.39, 0.29) is 44.5 Å². The summed E-state index contributed by atoms with van der Waals surface area (Å²) >= 11 is 1.90. The van der Waals surface area contributed by atoms with Crippen LogP contribution in [-0.2, 0) is 19.1 Å². The quantitative estimate of drug-likeness (QED) is 0.0893. The van der Waals surface area contributed by atoms with Gasteiger partial charge in [0, 0.05) is 41.0 Å². The number of amides is 1. The van der Waals surface area contributed by atoms with Crippen molar-refractivity contribution >= 4 is 29.6 Å². The minimum absolute atomic E-state index is 0.0891. The van der Waals surface area contributed by atoms with Crippen molar-refractivity contribution in [3.8, 4) is 0 Å². The van der Waals surface area contributed by atoms with Crippen LogP contribution in [0.2, 0.25) is 0 Å². The molecule has 2 N–H and O–H groups in total. The minimum Gasteiger partial charge on any atom is -0.478 e. The number of carbonyl (C=O) groups is 3. The number of esters is 1. The normalized spacial score (nSPS) is 39.1. The second kappa shape index (κ2) is 15.7. The highest BCUT2D eigenvalue weighted by molar-refractivity contribution is 7.99. The summed E-state index contributed by atoms with van der Waals surface area (Å²) in [6, 6.07) is 0. The van der Waals surface area contributed by atoms with Gasteiger partial charge >= 0.3 is 11.9 Å². The van der Waals surface area contributed by atoms with Crippen LogP contribution in [0.25, 0.3) is 0 Å². The first kappa shape index (κ1) is 41.9. The highest BCUT2D eigenvalue weighted by Gasteiger charge is 2.68. The molecule has 4 fully saturated rings. The van der Waals surface area contributed by atoms with Crippen molar-refractivity contribution in [1.29, 1.82) is 0 Å². The molecule has 7 heteroatoms. The van der Waals surface area contributed by atoms with Gasteiger partial charge in [0.2, 0.25) is 5.91 Å². The van der Waals surface area contributed by atoms with Crippen LogP contribution in [0.1, 0.15) is 146 Å². The Bertz CT molecular complexity index is 1540. The predicted molar refractivity (Wildman–Crippen MR) is 218 cm³/mol. The topological polar surface area (TPSA) is 92.7 Å². The van der Waals surface area contributed by atoms with Gasteiger partial charge < -0.3 is 15.2 Å². The molecule has 53 heavy (non-hydrogen) atoms. The summed E-state index contributed by atoms with van der Waals surface area (Å²) in [5, 5.41) is 12.4. The molecule has 0 saturated heterocycles. The van der Waals surface area contributed by atoms with E-state index in [0.29, 0.717) is 17.8 Å². The molecule has 5 aliphatic carbocycles. The first-order valence-corrected chi connectivity index (χ1v) is 21.8. The summed E-state index contributed by atoms with van der Waals surface area (Å²) in [5.74, 6) is 1.83. The Morgan fingerprint density at radius 2 is 1.62 bits per heavy atom. The van der Waals surface area contributed by atoms with Gasteiger partial charge in [0.15, 0.2) is 0 Å². The summed E-state index contributed by atoms with van der Waals surface area (Å²) < 4.78 is 5.96. The maximum atomic E-state index is 13.9. The van der Waals surface area contributed by atoms with E-state index in [1.54, 1.807) is 5.57 Å². The number of hydrogen-bond acceptors (Lipinski definition) is 5. The van der Waals surface area contributed by atoms with Gasteiger partial charge in [-0.15, -0.1) is 0 Å². The van der Waals surface area contributed by atoms with E-state index in [9.17, 15) is 14.4 Å². The van der Waals surface area contributed by atoms with Crippen molar-refractivity contribution < 1.29 is 24.2 Å². The minimum atomic E-state index is -1.14. The fourth-order valence-corrected chi connectivity index (χ4v) is 13.3. The zero-order chi connectivity index (χ0) is 39.0. The molecule has 0 bridgehead atoms. The largest absolute Gasteiger partial charge is 0.478 e. The van der Waals surface area contributed by atoms with Crippen LogP contribution in [0, 0.1) is 50.2 Å². The summed E-state index contributed by atoms with van der Waals surface area (Å²) in [4.78, 5) is 37.5. The lowest BCUT2D eigenvalue weighted by Gasteiger charge is -2.71. The molecule has 0 aromatic heterocycles. The van der Waals surface area contributed by atoms with Gasteiger partial charge in [-0.1, -0.05) is 83.4 Å². The average molecular weight is 750 g/mol. The van der Waals surface area contributed by atoms with E-state index >= 15 is 0 Å². The summed E-state index contributed by atoms with van der Waals surface area (Å²) in [6.07, 6.45) is 21.8. The van der Waals surface area contributed by atoms with Gasteiger partial charge in [0.25, 0.3) is 0 Å². The Hall–Kier alpha value is -2.28. The molecule has 9 atom stereocenters. The van der Waals surface area contributed by atoms with E-state index < -0.39 is 11.9 Å². The zero-order valence-corrected chi connectivity index (χ0v) is 35.6. The number of nitrogens with one attached hydrogen (secondary N) is 1. The number of carboxylic acids is 1. The van der Waals surface area contributed by atoms with Crippen LogP contribution in [0.5, 0.6) is 0 Å². The number of rotatable bonds is 12. The summed E-state index contributed by atoms with van der Waals surface area (Å²) in [6.45, 7) is 24.3. The number of carboxylic acid groups (broad SMARTS) is 1. The Morgan fingerprint density at radius 3 is 2.32 bits per heavy atom. The molecule has 0 aromatic carbocycles. The Kier molecular flexibility index (Phi) is 12.4. The van der Waals surface area contributed by atoms with E-state index in [1.165, 1.54) is 24.0 Å². The number of hydrogen-bond donors (Lipinski definition) is 2. The number of ether oxygens (including phenoxy) is 1. The smallest absolute Gasteiger partial charge is 0.331 e.